The Labute approximate surface area is 108 Å². The third-order valence-electron chi connectivity index (χ3n) is 2.68. The van der Waals surface area contributed by atoms with Gasteiger partial charge in [0.25, 0.3) is 0 Å². The minimum absolute atomic E-state index is 0.00740. The highest BCUT2D eigenvalue weighted by molar-refractivity contribution is 5.96. The van der Waals surface area contributed by atoms with Gasteiger partial charge in [-0.25, -0.2) is 4.79 Å². The number of ketones is 1. The highest BCUT2D eigenvalue weighted by Gasteiger charge is 2.10. The first-order valence-corrected chi connectivity index (χ1v) is 6.25. The molecule has 98 valence electrons. The summed E-state index contributed by atoms with van der Waals surface area (Å²) >= 11 is 0. The van der Waals surface area contributed by atoms with E-state index in [-0.39, 0.29) is 11.8 Å². The summed E-state index contributed by atoms with van der Waals surface area (Å²) in [6.45, 7) is 6.89. The van der Waals surface area contributed by atoms with E-state index in [9.17, 15) is 9.59 Å². The van der Waals surface area contributed by atoms with Crippen molar-refractivity contribution < 1.29 is 9.59 Å². The number of nitrogens with zero attached hydrogens (tertiary/aromatic N) is 1. The average Bonchev–Trinajstić information content (AvgIpc) is 2.36. The maximum absolute atomic E-state index is 11.9. The van der Waals surface area contributed by atoms with E-state index in [0.29, 0.717) is 17.8 Å². The van der Waals surface area contributed by atoms with Gasteiger partial charge in [-0.15, -0.1) is 0 Å². The van der Waals surface area contributed by atoms with E-state index in [1.165, 1.54) is 6.92 Å². The Morgan fingerprint density at radius 2 is 2.00 bits per heavy atom. The molecule has 0 aliphatic heterocycles. The van der Waals surface area contributed by atoms with E-state index in [2.05, 4.69) is 5.32 Å². The summed E-state index contributed by atoms with van der Waals surface area (Å²) in [5.41, 5.74) is 1.26. The van der Waals surface area contributed by atoms with Gasteiger partial charge in [-0.3, -0.25) is 4.79 Å². The number of hydrogen-bond acceptors (Lipinski definition) is 2. The molecule has 0 saturated heterocycles. The van der Waals surface area contributed by atoms with Crippen LogP contribution in [0.1, 0.15) is 37.6 Å². The van der Waals surface area contributed by atoms with Crippen LogP contribution < -0.4 is 5.32 Å². The number of carbonyl (C=O) groups excluding carboxylic acids is 2. The van der Waals surface area contributed by atoms with Crippen molar-refractivity contribution in [1.29, 1.82) is 0 Å². The van der Waals surface area contributed by atoms with E-state index in [1.807, 2.05) is 13.8 Å². The zero-order valence-corrected chi connectivity index (χ0v) is 11.2. The fourth-order valence-corrected chi connectivity index (χ4v) is 1.69. The Kier molecular flexibility index (Phi) is 5.36. The zero-order chi connectivity index (χ0) is 13.5. The number of anilines is 1. The van der Waals surface area contributed by atoms with Crippen molar-refractivity contribution in [3.63, 3.8) is 0 Å². The second-order valence-corrected chi connectivity index (χ2v) is 4.15. The van der Waals surface area contributed by atoms with Gasteiger partial charge in [-0.2, -0.15) is 0 Å². The van der Waals surface area contributed by atoms with Crippen molar-refractivity contribution in [3.8, 4) is 0 Å². The zero-order valence-electron chi connectivity index (χ0n) is 11.2. The van der Waals surface area contributed by atoms with Gasteiger partial charge in [-0.05, 0) is 32.4 Å². The molecule has 0 unspecified atom stereocenters. The van der Waals surface area contributed by atoms with E-state index >= 15 is 0 Å². The molecule has 18 heavy (non-hydrogen) atoms. The van der Waals surface area contributed by atoms with Crippen molar-refractivity contribution in [3.05, 3.63) is 29.8 Å². The fraction of sp³-hybridized carbons (Fsp3) is 0.429. The number of benzene rings is 1. The Hall–Kier alpha value is -1.84. The SMILES string of the molecule is CCCN(CC)C(=O)Nc1cccc(C(C)=O)c1. The Morgan fingerprint density at radius 1 is 1.28 bits per heavy atom. The Balaban J connectivity index is 2.74. The number of urea groups is 1. The number of amides is 2. The standard InChI is InChI=1S/C14H20N2O2/c1-4-9-16(5-2)14(18)15-13-8-6-7-12(10-13)11(3)17/h6-8,10H,4-5,9H2,1-3H3,(H,15,18). The normalized spacial score (nSPS) is 9.94. The van der Waals surface area contributed by atoms with Crippen LogP contribution in [0.2, 0.25) is 0 Å². The lowest BCUT2D eigenvalue weighted by Gasteiger charge is -2.20. The summed E-state index contributed by atoms with van der Waals surface area (Å²) < 4.78 is 0. The molecule has 0 spiro atoms. The van der Waals surface area contributed by atoms with Gasteiger partial charge in [0.2, 0.25) is 0 Å². The van der Waals surface area contributed by atoms with Crippen LogP contribution in [0.15, 0.2) is 24.3 Å². The summed E-state index contributed by atoms with van der Waals surface area (Å²) in [6, 6.07) is 6.86. The highest BCUT2D eigenvalue weighted by Crippen LogP contribution is 2.12. The molecule has 0 radical (unpaired) electrons. The van der Waals surface area contributed by atoms with Crippen molar-refractivity contribution in [2.45, 2.75) is 27.2 Å². The summed E-state index contributed by atoms with van der Waals surface area (Å²) in [6.07, 6.45) is 0.925. The third kappa shape index (κ3) is 3.87. The molecule has 0 aliphatic carbocycles. The van der Waals surface area contributed by atoms with Gasteiger partial charge in [0.15, 0.2) is 5.78 Å². The van der Waals surface area contributed by atoms with Gasteiger partial charge in [0.05, 0.1) is 0 Å². The molecule has 0 aromatic heterocycles. The van der Waals surface area contributed by atoms with Gasteiger partial charge in [-0.1, -0.05) is 19.1 Å². The monoisotopic (exact) mass is 248 g/mol. The summed E-state index contributed by atoms with van der Waals surface area (Å²) in [5, 5.41) is 2.81. The van der Waals surface area contributed by atoms with Crippen LogP contribution in [-0.4, -0.2) is 29.8 Å². The molecule has 0 fully saturated rings. The van der Waals surface area contributed by atoms with Crippen LogP contribution in [-0.2, 0) is 0 Å². The minimum Gasteiger partial charge on any atom is -0.325 e. The predicted octanol–water partition coefficient (Wildman–Crippen LogP) is 3.15. The number of hydrogen-bond donors (Lipinski definition) is 1. The fourth-order valence-electron chi connectivity index (χ4n) is 1.69. The molecule has 0 saturated carbocycles. The number of nitrogens with one attached hydrogen (secondary N) is 1. The third-order valence-corrected chi connectivity index (χ3v) is 2.68. The van der Waals surface area contributed by atoms with Crippen LogP contribution in [0.25, 0.3) is 0 Å². The van der Waals surface area contributed by atoms with Gasteiger partial charge in [0.1, 0.15) is 0 Å². The molecule has 2 amide bonds. The summed E-state index contributed by atoms with van der Waals surface area (Å²) in [5.74, 6) is -0.00740. The molecule has 4 heteroatoms. The lowest BCUT2D eigenvalue weighted by atomic mass is 10.1. The molecular formula is C14H20N2O2. The van der Waals surface area contributed by atoms with Crippen molar-refractivity contribution >= 4 is 17.5 Å². The molecule has 0 aliphatic rings. The Morgan fingerprint density at radius 3 is 2.56 bits per heavy atom. The molecular weight excluding hydrogens is 228 g/mol. The topological polar surface area (TPSA) is 49.4 Å². The van der Waals surface area contributed by atoms with Crippen LogP contribution in [0.5, 0.6) is 0 Å². The number of rotatable bonds is 5. The lowest BCUT2D eigenvalue weighted by molar-refractivity contribution is 0.101. The van der Waals surface area contributed by atoms with E-state index in [4.69, 9.17) is 0 Å². The van der Waals surface area contributed by atoms with Crippen LogP contribution in [0.3, 0.4) is 0 Å². The molecule has 1 rings (SSSR count). The predicted molar refractivity (Wildman–Crippen MR) is 73.0 cm³/mol. The molecule has 0 atom stereocenters. The highest BCUT2D eigenvalue weighted by atomic mass is 16.2. The van der Waals surface area contributed by atoms with Crippen molar-refractivity contribution in [2.75, 3.05) is 18.4 Å². The maximum atomic E-state index is 11.9. The van der Waals surface area contributed by atoms with E-state index in [1.54, 1.807) is 29.2 Å². The summed E-state index contributed by atoms with van der Waals surface area (Å²) in [4.78, 5) is 24.9. The first kappa shape index (κ1) is 14.2. The van der Waals surface area contributed by atoms with Crippen molar-refractivity contribution in [1.82, 2.24) is 4.90 Å². The van der Waals surface area contributed by atoms with Crippen molar-refractivity contribution in [2.24, 2.45) is 0 Å². The van der Waals surface area contributed by atoms with E-state index in [0.717, 1.165) is 13.0 Å². The molecule has 1 N–H and O–H groups in total. The van der Waals surface area contributed by atoms with Crippen LogP contribution in [0.4, 0.5) is 10.5 Å². The minimum atomic E-state index is -0.125. The molecule has 4 nitrogen and oxygen atoms in total. The molecule has 0 heterocycles. The first-order chi connectivity index (χ1) is 8.58. The smallest absolute Gasteiger partial charge is 0.321 e. The van der Waals surface area contributed by atoms with Gasteiger partial charge in [0, 0.05) is 24.3 Å². The second kappa shape index (κ2) is 6.79. The van der Waals surface area contributed by atoms with E-state index < -0.39 is 0 Å². The maximum Gasteiger partial charge on any atom is 0.321 e. The lowest BCUT2D eigenvalue weighted by Crippen LogP contribution is -2.35. The van der Waals surface area contributed by atoms with Crippen LogP contribution >= 0.6 is 0 Å². The quantitative estimate of drug-likeness (QED) is 0.814. The number of Topliss-reactive ketones (excluding diaryl/α,β-unsaturated/α-hetero) is 1. The molecule has 1 aromatic rings. The molecule has 1 aromatic carbocycles. The number of carbonyl (C=O) groups is 2. The van der Waals surface area contributed by atoms with Gasteiger partial charge >= 0.3 is 6.03 Å². The average molecular weight is 248 g/mol. The second-order valence-electron chi connectivity index (χ2n) is 4.15. The first-order valence-electron chi connectivity index (χ1n) is 6.25. The Bertz CT molecular complexity index is 430. The molecule has 0 bridgehead atoms. The summed E-state index contributed by atoms with van der Waals surface area (Å²) in [7, 11) is 0. The largest absolute Gasteiger partial charge is 0.325 e. The van der Waals surface area contributed by atoms with Crippen LogP contribution in [0, 0.1) is 0 Å². The van der Waals surface area contributed by atoms with Gasteiger partial charge < -0.3 is 10.2 Å².